The highest BCUT2D eigenvalue weighted by Gasteiger charge is 2.29. The van der Waals surface area contributed by atoms with Gasteiger partial charge in [0.05, 0.1) is 24.4 Å². The molecule has 5 nitrogen and oxygen atoms in total. The van der Waals surface area contributed by atoms with E-state index in [2.05, 4.69) is 0 Å². The number of ether oxygens (including phenoxy) is 1. The number of nitrogens with zero attached hydrogens (tertiary/aromatic N) is 2. The molecule has 0 spiro atoms. The Balaban J connectivity index is 1.59. The maximum atomic E-state index is 12.6. The van der Waals surface area contributed by atoms with Gasteiger partial charge in [0.25, 0.3) is 0 Å². The first-order chi connectivity index (χ1) is 11.6. The van der Waals surface area contributed by atoms with Gasteiger partial charge >= 0.3 is 0 Å². The molecule has 0 N–H and O–H groups in total. The predicted molar refractivity (Wildman–Crippen MR) is 95.3 cm³/mol. The van der Waals surface area contributed by atoms with Crippen LogP contribution in [0.2, 0.25) is 0 Å². The second kappa shape index (κ2) is 7.57. The number of hydrogen-bond donors (Lipinski definition) is 0. The standard InChI is InChI=1S/C18H24N2O3S/c1-13-12-23-14(2)11-20(13)18(22)8-7-17(21)19-9-10-24-16-6-4-3-5-15(16)19/h3-6,13-14H,7-12H2,1-2H3. The highest BCUT2D eigenvalue weighted by molar-refractivity contribution is 7.99. The van der Waals surface area contributed by atoms with Gasteiger partial charge in [-0.1, -0.05) is 12.1 Å². The van der Waals surface area contributed by atoms with Crippen molar-refractivity contribution < 1.29 is 14.3 Å². The number of amides is 2. The van der Waals surface area contributed by atoms with Gasteiger partial charge in [-0.25, -0.2) is 0 Å². The average Bonchev–Trinajstić information content (AvgIpc) is 2.61. The lowest BCUT2D eigenvalue weighted by Gasteiger charge is -2.37. The molecule has 1 aromatic rings. The molecule has 2 heterocycles. The lowest BCUT2D eigenvalue weighted by Crippen LogP contribution is -2.50. The van der Waals surface area contributed by atoms with Gasteiger partial charge in [-0.3, -0.25) is 9.59 Å². The zero-order chi connectivity index (χ0) is 17.1. The number of para-hydroxylation sites is 1. The summed E-state index contributed by atoms with van der Waals surface area (Å²) < 4.78 is 5.56. The quantitative estimate of drug-likeness (QED) is 0.842. The van der Waals surface area contributed by atoms with Gasteiger partial charge in [-0.15, -0.1) is 11.8 Å². The van der Waals surface area contributed by atoms with E-state index in [9.17, 15) is 9.59 Å². The summed E-state index contributed by atoms with van der Waals surface area (Å²) >= 11 is 1.77. The van der Waals surface area contributed by atoms with Crippen molar-refractivity contribution >= 4 is 29.3 Å². The SMILES string of the molecule is CC1CN(C(=O)CCC(=O)N2CCSc3ccccc32)C(C)CO1. The zero-order valence-electron chi connectivity index (χ0n) is 14.2. The number of morpholine rings is 1. The van der Waals surface area contributed by atoms with Gasteiger partial charge in [0.2, 0.25) is 11.8 Å². The van der Waals surface area contributed by atoms with Gasteiger partial charge in [0.1, 0.15) is 0 Å². The van der Waals surface area contributed by atoms with Crippen LogP contribution in [0.1, 0.15) is 26.7 Å². The molecule has 1 aromatic carbocycles. The molecule has 2 aliphatic heterocycles. The smallest absolute Gasteiger partial charge is 0.227 e. The second-order valence-corrected chi connectivity index (χ2v) is 7.54. The Hall–Kier alpha value is -1.53. The van der Waals surface area contributed by atoms with Gasteiger partial charge in [-0.2, -0.15) is 0 Å². The van der Waals surface area contributed by atoms with Crippen LogP contribution in [0.25, 0.3) is 0 Å². The van der Waals surface area contributed by atoms with Crippen LogP contribution >= 0.6 is 11.8 Å². The molecule has 130 valence electrons. The summed E-state index contributed by atoms with van der Waals surface area (Å²) in [5.41, 5.74) is 0.972. The summed E-state index contributed by atoms with van der Waals surface area (Å²) in [6.45, 7) is 5.85. The van der Waals surface area contributed by atoms with Gasteiger partial charge in [0.15, 0.2) is 0 Å². The van der Waals surface area contributed by atoms with Gasteiger partial charge < -0.3 is 14.5 Å². The highest BCUT2D eigenvalue weighted by atomic mass is 32.2. The number of thioether (sulfide) groups is 1. The monoisotopic (exact) mass is 348 g/mol. The summed E-state index contributed by atoms with van der Waals surface area (Å²) in [5, 5.41) is 0. The summed E-state index contributed by atoms with van der Waals surface area (Å²) in [6, 6.07) is 8.04. The minimum Gasteiger partial charge on any atom is -0.375 e. The van der Waals surface area contributed by atoms with E-state index in [1.165, 1.54) is 0 Å². The molecule has 2 amide bonds. The fourth-order valence-corrected chi connectivity index (χ4v) is 4.17. The zero-order valence-corrected chi connectivity index (χ0v) is 15.1. The van der Waals surface area contributed by atoms with Crippen LogP contribution in [0.15, 0.2) is 29.2 Å². The summed E-state index contributed by atoms with van der Waals surface area (Å²) in [7, 11) is 0. The minimum absolute atomic E-state index is 0.0325. The number of carbonyl (C=O) groups is 2. The second-order valence-electron chi connectivity index (χ2n) is 6.40. The fraction of sp³-hybridized carbons (Fsp3) is 0.556. The topological polar surface area (TPSA) is 49.9 Å². The van der Waals surface area contributed by atoms with Crippen LogP contribution in [-0.2, 0) is 14.3 Å². The lowest BCUT2D eigenvalue weighted by molar-refractivity contribution is -0.144. The summed E-state index contributed by atoms with van der Waals surface area (Å²) in [5.74, 6) is 0.977. The van der Waals surface area contributed by atoms with Crippen molar-refractivity contribution in [2.24, 2.45) is 0 Å². The van der Waals surface area contributed by atoms with Crippen molar-refractivity contribution in [2.45, 2.75) is 43.7 Å². The fourth-order valence-electron chi connectivity index (χ4n) is 3.17. The molecule has 0 aromatic heterocycles. The maximum absolute atomic E-state index is 12.6. The molecule has 6 heteroatoms. The molecule has 0 radical (unpaired) electrons. The molecule has 2 atom stereocenters. The highest BCUT2D eigenvalue weighted by Crippen LogP contribution is 2.34. The molecular formula is C18H24N2O3S. The Bertz CT molecular complexity index is 622. The molecule has 24 heavy (non-hydrogen) atoms. The van der Waals surface area contributed by atoms with Crippen LogP contribution < -0.4 is 4.90 Å². The van der Waals surface area contributed by atoms with Crippen LogP contribution in [0, 0.1) is 0 Å². The molecule has 1 fully saturated rings. The van der Waals surface area contributed by atoms with E-state index < -0.39 is 0 Å². The molecule has 0 saturated carbocycles. The summed E-state index contributed by atoms with van der Waals surface area (Å²) in [4.78, 5) is 29.9. The Kier molecular flexibility index (Phi) is 5.46. The van der Waals surface area contributed by atoms with Gasteiger partial charge in [0, 0.05) is 36.6 Å². The minimum atomic E-state index is 0.0325. The van der Waals surface area contributed by atoms with Crippen molar-refractivity contribution in [3.05, 3.63) is 24.3 Å². The van der Waals surface area contributed by atoms with Crippen LogP contribution in [0.5, 0.6) is 0 Å². The Morgan fingerprint density at radius 1 is 1.21 bits per heavy atom. The Labute approximate surface area is 147 Å². The van der Waals surface area contributed by atoms with E-state index in [0.717, 1.165) is 16.3 Å². The van der Waals surface area contributed by atoms with Crippen molar-refractivity contribution in [2.75, 3.05) is 30.3 Å². The third kappa shape index (κ3) is 3.75. The lowest BCUT2D eigenvalue weighted by atomic mass is 10.1. The van der Waals surface area contributed by atoms with Crippen LogP contribution in [-0.4, -0.2) is 54.3 Å². The number of rotatable bonds is 3. The number of carbonyl (C=O) groups excluding carboxylic acids is 2. The first-order valence-corrected chi connectivity index (χ1v) is 9.48. The molecule has 2 aliphatic rings. The van der Waals surface area contributed by atoms with Crippen molar-refractivity contribution in [1.82, 2.24) is 4.90 Å². The van der Waals surface area contributed by atoms with Gasteiger partial charge in [-0.05, 0) is 26.0 Å². The first kappa shape index (κ1) is 17.3. The molecule has 0 bridgehead atoms. The van der Waals surface area contributed by atoms with E-state index in [1.807, 2.05) is 47.9 Å². The van der Waals surface area contributed by atoms with Crippen LogP contribution in [0.4, 0.5) is 5.69 Å². The van der Waals surface area contributed by atoms with Crippen molar-refractivity contribution in [3.63, 3.8) is 0 Å². The summed E-state index contributed by atoms with van der Waals surface area (Å²) in [6.07, 6.45) is 0.588. The van der Waals surface area contributed by atoms with E-state index in [1.54, 1.807) is 11.8 Å². The third-order valence-electron chi connectivity index (χ3n) is 4.51. The van der Waals surface area contributed by atoms with Crippen LogP contribution in [0.3, 0.4) is 0 Å². The predicted octanol–water partition coefficient (Wildman–Crippen LogP) is 2.54. The molecule has 0 aliphatic carbocycles. The number of anilines is 1. The maximum Gasteiger partial charge on any atom is 0.227 e. The molecule has 2 unspecified atom stereocenters. The number of benzene rings is 1. The number of hydrogen-bond acceptors (Lipinski definition) is 4. The molecule has 1 saturated heterocycles. The molecule has 3 rings (SSSR count). The Morgan fingerprint density at radius 2 is 1.96 bits per heavy atom. The largest absolute Gasteiger partial charge is 0.375 e. The van der Waals surface area contributed by atoms with E-state index >= 15 is 0 Å². The average molecular weight is 348 g/mol. The normalized spacial score (nSPS) is 23.8. The molecular weight excluding hydrogens is 324 g/mol. The Morgan fingerprint density at radius 3 is 2.79 bits per heavy atom. The number of fused-ring (bicyclic) bond motifs is 1. The van der Waals surface area contributed by atoms with E-state index in [4.69, 9.17) is 4.74 Å². The van der Waals surface area contributed by atoms with Crippen molar-refractivity contribution in [3.8, 4) is 0 Å². The first-order valence-electron chi connectivity index (χ1n) is 8.49. The van der Waals surface area contributed by atoms with Crippen molar-refractivity contribution in [1.29, 1.82) is 0 Å². The van der Waals surface area contributed by atoms with E-state index in [-0.39, 0.29) is 36.8 Å². The third-order valence-corrected chi connectivity index (χ3v) is 5.55. The van der Waals surface area contributed by atoms with E-state index in [0.29, 0.717) is 19.7 Å².